The molecule has 1 heterocycles. The average Bonchev–Trinajstić information content (AvgIpc) is 2.40. The molecule has 1 amide bonds. The molecule has 0 bridgehead atoms. The Hall–Kier alpha value is -1.36. The topological polar surface area (TPSA) is 136 Å². The molecule has 0 aliphatic carbocycles. The third-order valence-electron chi connectivity index (χ3n) is 3.12. The summed E-state index contributed by atoms with van der Waals surface area (Å²) in [6.07, 6.45) is -8.61. The van der Waals surface area contributed by atoms with E-state index in [-0.39, 0.29) is 0 Å². The molecule has 0 spiro atoms. The number of carbonyl (C=O) groups is 2. The molecule has 0 aromatic rings. The monoisotopic (exact) mass is 313 g/mol. The average molecular weight is 313 g/mol. The number of carboxylic acids is 1. The van der Waals surface area contributed by atoms with Crippen molar-refractivity contribution in [3.05, 3.63) is 0 Å². The summed E-state index contributed by atoms with van der Waals surface area (Å²) in [7, 11) is 0. The number of aliphatic carboxylic acids is 1. The number of ether oxygens (including phenoxy) is 1. The summed E-state index contributed by atoms with van der Waals surface area (Å²) < 4.78 is 32.3. The van der Waals surface area contributed by atoms with Crippen molar-refractivity contribution in [2.75, 3.05) is 6.61 Å². The first-order valence-electron chi connectivity index (χ1n) is 6.11. The lowest BCUT2D eigenvalue weighted by atomic mass is 9.89. The first-order valence-corrected chi connectivity index (χ1v) is 6.11. The fraction of sp³-hybridized carbons (Fsp3) is 0.818. The van der Waals surface area contributed by atoms with Gasteiger partial charge in [-0.1, -0.05) is 0 Å². The van der Waals surface area contributed by atoms with Crippen molar-refractivity contribution in [1.82, 2.24) is 5.32 Å². The number of aliphatic hydroxyl groups is 3. The van der Waals surface area contributed by atoms with Crippen molar-refractivity contribution >= 4 is 11.9 Å². The number of hydrogen-bond acceptors (Lipinski definition) is 6. The minimum Gasteiger partial charge on any atom is -0.477 e. The lowest BCUT2D eigenvalue weighted by Crippen LogP contribution is -2.68. The molecule has 0 aromatic carbocycles. The third-order valence-corrected chi connectivity index (χ3v) is 3.12. The summed E-state index contributed by atoms with van der Waals surface area (Å²) in [5.41, 5.74) is 0. The summed E-state index contributed by atoms with van der Waals surface area (Å²) in [6, 6.07) is -1.47. The highest BCUT2D eigenvalue weighted by Crippen LogP contribution is 2.35. The van der Waals surface area contributed by atoms with E-state index in [4.69, 9.17) is 10.2 Å². The summed E-state index contributed by atoms with van der Waals surface area (Å²) in [5, 5.41) is 38.6. The first kappa shape index (κ1) is 17.7. The van der Waals surface area contributed by atoms with E-state index in [1.165, 1.54) is 0 Å². The van der Waals surface area contributed by atoms with Crippen molar-refractivity contribution in [3.63, 3.8) is 0 Å². The number of rotatable bonds is 5. The number of alkyl halides is 2. The van der Waals surface area contributed by atoms with Crippen LogP contribution in [-0.2, 0) is 14.3 Å². The molecule has 21 heavy (non-hydrogen) atoms. The van der Waals surface area contributed by atoms with Crippen LogP contribution in [0.4, 0.5) is 8.78 Å². The second-order valence-electron chi connectivity index (χ2n) is 4.80. The van der Waals surface area contributed by atoms with Gasteiger partial charge in [-0.05, 0) is 0 Å². The Labute approximate surface area is 118 Å². The van der Waals surface area contributed by atoms with E-state index in [1.807, 2.05) is 0 Å². The van der Waals surface area contributed by atoms with Gasteiger partial charge in [0.1, 0.15) is 6.10 Å². The smallest absolute Gasteiger partial charge is 0.372 e. The summed E-state index contributed by atoms with van der Waals surface area (Å²) in [4.78, 5) is 21.8. The molecule has 1 rings (SSSR count). The molecule has 5 N–H and O–H groups in total. The molecule has 8 nitrogen and oxygen atoms in total. The van der Waals surface area contributed by atoms with Crippen molar-refractivity contribution in [2.45, 2.75) is 49.7 Å². The zero-order chi connectivity index (χ0) is 16.4. The largest absolute Gasteiger partial charge is 0.477 e. The number of amides is 1. The normalized spacial score (nSPS) is 37.8. The summed E-state index contributed by atoms with van der Waals surface area (Å²) in [5.74, 6) is -6.78. The van der Waals surface area contributed by atoms with Crippen LogP contribution in [0.1, 0.15) is 13.3 Å². The molecular formula is C11H17F2NO7. The maximum absolute atomic E-state index is 14.0. The zero-order valence-corrected chi connectivity index (χ0v) is 11.1. The van der Waals surface area contributed by atoms with E-state index in [0.717, 1.165) is 6.92 Å². The van der Waals surface area contributed by atoms with Crippen molar-refractivity contribution in [2.24, 2.45) is 0 Å². The minimum absolute atomic E-state index is 0.510. The quantitative estimate of drug-likeness (QED) is 0.399. The number of nitrogens with one attached hydrogen (secondary N) is 1. The SMILES string of the molecule is CC(=O)NC1C(CC(O)CO)OC(F)(C(=O)O)C(F)C1O. The number of aliphatic hydroxyl groups excluding tert-OH is 3. The number of hydrogen-bond donors (Lipinski definition) is 5. The van der Waals surface area contributed by atoms with Crippen LogP contribution < -0.4 is 5.32 Å². The second-order valence-corrected chi connectivity index (χ2v) is 4.80. The van der Waals surface area contributed by atoms with Gasteiger partial charge < -0.3 is 30.5 Å². The van der Waals surface area contributed by atoms with Gasteiger partial charge in [0.25, 0.3) is 0 Å². The van der Waals surface area contributed by atoms with Gasteiger partial charge in [0.15, 0.2) is 6.17 Å². The van der Waals surface area contributed by atoms with E-state index < -0.39 is 61.3 Å². The van der Waals surface area contributed by atoms with Crippen molar-refractivity contribution in [1.29, 1.82) is 0 Å². The number of halogens is 2. The van der Waals surface area contributed by atoms with Gasteiger partial charge in [-0.15, -0.1) is 0 Å². The molecule has 6 atom stereocenters. The van der Waals surface area contributed by atoms with Crippen LogP contribution >= 0.6 is 0 Å². The fourth-order valence-electron chi connectivity index (χ4n) is 2.10. The molecule has 0 radical (unpaired) electrons. The highest BCUT2D eigenvalue weighted by molar-refractivity contribution is 5.77. The Morgan fingerprint density at radius 3 is 2.48 bits per heavy atom. The predicted octanol–water partition coefficient (Wildman–Crippen LogP) is -1.92. The highest BCUT2D eigenvalue weighted by atomic mass is 19.2. The molecule has 1 fully saturated rings. The van der Waals surface area contributed by atoms with E-state index in [1.54, 1.807) is 0 Å². The van der Waals surface area contributed by atoms with Crippen LogP contribution in [0.2, 0.25) is 0 Å². The van der Waals surface area contributed by atoms with Crippen LogP contribution in [0.15, 0.2) is 0 Å². The first-order chi connectivity index (χ1) is 9.63. The highest BCUT2D eigenvalue weighted by Gasteiger charge is 2.61. The Kier molecular flexibility index (Phi) is 5.56. The Morgan fingerprint density at radius 1 is 1.48 bits per heavy atom. The molecule has 1 saturated heterocycles. The van der Waals surface area contributed by atoms with Gasteiger partial charge in [-0.2, -0.15) is 4.39 Å². The number of carbonyl (C=O) groups excluding carboxylic acids is 1. The standard InChI is InChI=1S/C11H17F2NO7/c1-4(16)14-7-6(2-5(17)3-15)21-11(13,10(19)20)9(12)8(7)18/h5-9,15,17-18H,2-3H2,1H3,(H,14,16)(H,19,20). The molecule has 10 heteroatoms. The third kappa shape index (κ3) is 3.64. The molecule has 0 aromatic heterocycles. The Bertz CT molecular complexity index is 410. The van der Waals surface area contributed by atoms with Gasteiger partial charge in [0.05, 0.1) is 24.9 Å². The lowest BCUT2D eigenvalue weighted by Gasteiger charge is -2.43. The molecule has 6 unspecified atom stereocenters. The van der Waals surface area contributed by atoms with E-state index in [0.29, 0.717) is 0 Å². The zero-order valence-electron chi connectivity index (χ0n) is 11.1. The van der Waals surface area contributed by atoms with E-state index >= 15 is 0 Å². The maximum Gasteiger partial charge on any atom is 0.372 e. The van der Waals surface area contributed by atoms with Crippen LogP contribution in [0.25, 0.3) is 0 Å². The molecule has 122 valence electrons. The van der Waals surface area contributed by atoms with E-state index in [2.05, 4.69) is 10.1 Å². The van der Waals surface area contributed by atoms with Crippen molar-refractivity contribution < 1.29 is 43.5 Å². The van der Waals surface area contributed by atoms with Gasteiger partial charge in [-0.3, -0.25) is 4.79 Å². The van der Waals surface area contributed by atoms with Gasteiger partial charge in [-0.25, -0.2) is 9.18 Å². The maximum atomic E-state index is 14.0. The number of carboxylic acid groups (broad SMARTS) is 1. The van der Waals surface area contributed by atoms with Crippen LogP contribution in [0.5, 0.6) is 0 Å². The lowest BCUT2D eigenvalue weighted by molar-refractivity contribution is -0.278. The van der Waals surface area contributed by atoms with Gasteiger partial charge >= 0.3 is 11.8 Å². The van der Waals surface area contributed by atoms with E-state index in [9.17, 15) is 28.6 Å². The fourth-order valence-corrected chi connectivity index (χ4v) is 2.10. The molecule has 0 saturated carbocycles. The molecule has 1 aliphatic heterocycles. The minimum atomic E-state index is -3.81. The molecular weight excluding hydrogens is 296 g/mol. The Balaban J connectivity index is 3.06. The van der Waals surface area contributed by atoms with Crippen molar-refractivity contribution in [3.8, 4) is 0 Å². The van der Waals surface area contributed by atoms with Gasteiger partial charge in [0, 0.05) is 13.3 Å². The molecule has 1 aliphatic rings. The second kappa shape index (κ2) is 6.60. The van der Waals surface area contributed by atoms with Crippen LogP contribution in [0.3, 0.4) is 0 Å². The van der Waals surface area contributed by atoms with Crippen LogP contribution in [-0.4, -0.2) is 75.3 Å². The van der Waals surface area contributed by atoms with Crippen LogP contribution in [0, 0.1) is 0 Å². The predicted molar refractivity (Wildman–Crippen MR) is 62.6 cm³/mol. The van der Waals surface area contributed by atoms with Gasteiger partial charge in [0.2, 0.25) is 5.91 Å². The Morgan fingerprint density at radius 2 is 2.05 bits per heavy atom. The summed E-state index contributed by atoms with van der Waals surface area (Å²) in [6.45, 7) is 0.308. The summed E-state index contributed by atoms with van der Waals surface area (Å²) >= 11 is 0.